The Kier molecular flexibility index (Phi) is 3.14. The first-order valence-electron chi connectivity index (χ1n) is 5.59. The topological polar surface area (TPSA) is 21.3 Å². The Balaban J connectivity index is 1.91. The molecule has 1 atom stereocenters. The van der Waals surface area contributed by atoms with Gasteiger partial charge < -0.3 is 10.1 Å². The van der Waals surface area contributed by atoms with Gasteiger partial charge >= 0.3 is 0 Å². The van der Waals surface area contributed by atoms with Crippen molar-refractivity contribution < 1.29 is 4.74 Å². The fourth-order valence-corrected chi connectivity index (χ4v) is 3.59. The number of thiophene rings is 1. The summed E-state index contributed by atoms with van der Waals surface area (Å²) in [6.07, 6.45) is -0.0866. The molecule has 0 spiro atoms. The quantitative estimate of drug-likeness (QED) is 0.808. The molecule has 0 amide bonds. The van der Waals surface area contributed by atoms with Crippen LogP contribution in [-0.2, 0) is 0 Å². The lowest BCUT2D eigenvalue weighted by atomic mass is 10.1. The van der Waals surface area contributed by atoms with Gasteiger partial charge in [0.2, 0.25) is 0 Å². The summed E-state index contributed by atoms with van der Waals surface area (Å²) < 4.78 is 7.35. The van der Waals surface area contributed by atoms with Crippen molar-refractivity contribution >= 4 is 40.2 Å². The third kappa shape index (κ3) is 2.18. The minimum absolute atomic E-state index is 0.0866. The summed E-state index contributed by atoms with van der Waals surface area (Å²) in [6.45, 7) is 2.76. The summed E-state index contributed by atoms with van der Waals surface area (Å²) in [4.78, 5) is 0. The van der Waals surface area contributed by atoms with E-state index in [0.717, 1.165) is 17.0 Å². The van der Waals surface area contributed by atoms with Crippen molar-refractivity contribution in [3.05, 3.63) is 44.1 Å². The van der Waals surface area contributed by atoms with E-state index in [1.165, 1.54) is 16.9 Å². The molecule has 0 saturated heterocycles. The smallest absolute Gasteiger partial charge is 0.143 e. The number of halogens is 2. The average molecular weight is 300 g/mol. The lowest BCUT2D eigenvalue weighted by Gasteiger charge is -2.27. The summed E-state index contributed by atoms with van der Waals surface area (Å²) in [5.41, 5.74) is 3.19. The number of nitrogens with one attached hydrogen (secondary N) is 1. The molecule has 1 aliphatic heterocycles. The predicted octanol–water partition coefficient (Wildman–Crippen LogP) is 4.91. The van der Waals surface area contributed by atoms with Crippen molar-refractivity contribution in [2.75, 3.05) is 11.9 Å². The maximum atomic E-state index is 6.16. The molecular formula is C13H11Cl2NOS. The van der Waals surface area contributed by atoms with Gasteiger partial charge in [0.05, 0.1) is 16.6 Å². The van der Waals surface area contributed by atoms with Gasteiger partial charge in [-0.15, -0.1) is 11.3 Å². The Morgan fingerprint density at radius 3 is 2.89 bits per heavy atom. The van der Waals surface area contributed by atoms with Crippen LogP contribution in [-0.4, -0.2) is 6.54 Å². The standard InChI is InChI=1S/C13H11Cl2NOS/c1-7-2-3-10-9(4-7)16-6-11(17-10)8-5-12(14)18-13(8)15/h2-5,11,16H,6H2,1H3. The van der Waals surface area contributed by atoms with Crippen LogP contribution < -0.4 is 10.1 Å². The van der Waals surface area contributed by atoms with Crippen molar-refractivity contribution in [1.29, 1.82) is 0 Å². The van der Waals surface area contributed by atoms with Crippen LogP contribution >= 0.6 is 34.5 Å². The van der Waals surface area contributed by atoms with E-state index in [-0.39, 0.29) is 6.10 Å². The zero-order chi connectivity index (χ0) is 12.7. The maximum absolute atomic E-state index is 6.16. The highest BCUT2D eigenvalue weighted by Gasteiger charge is 2.24. The Bertz CT molecular complexity index is 597. The van der Waals surface area contributed by atoms with Crippen molar-refractivity contribution in [2.45, 2.75) is 13.0 Å². The highest BCUT2D eigenvalue weighted by atomic mass is 35.5. The fraction of sp³-hybridized carbons (Fsp3) is 0.231. The van der Waals surface area contributed by atoms with E-state index >= 15 is 0 Å². The molecule has 1 aromatic heterocycles. The SMILES string of the molecule is Cc1ccc2c(c1)NCC(c1cc(Cl)sc1Cl)O2. The van der Waals surface area contributed by atoms with Crippen molar-refractivity contribution in [1.82, 2.24) is 0 Å². The molecule has 2 heterocycles. The van der Waals surface area contributed by atoms with Gasteiger partial charge in [0, 0.05) is 5.56 Å². The van der Waals surface area contributed by atoms with Crippen LogP contribution in [0.3, 0.4) is 0 Å². The number of hydrogen-bond acceptors (Lipinski definition) is 3. The molecule has 0 fully saturated rings. The number of anilines is 1. The number of rotatable bonds is 1. The number of hydrogen-bond donors (Lipinski definition) is 1. The van der Waals surface area contributed by atoms with E-state index < -0.39 is 0 Å². The highest BCUT2D eigenvalue weighted by molar-refractivity contribution is 7.20. The van der Waals surface area contributed by atoms with Crippen LogP contribution in [0.1, 0.15) is 17.2 Å². The second-order valence-electron chi connectivity index (χ2n) is 4.27. The molecule has 1 aromatic carbocycles. The van der Waals surface area contributed by atoms with Gasteiger partial charge in [-0.3, -0.25) is 0 Å². The molecule has 1 aliphatic rings. The number of ether oxygens (including phenoxy) is 1. The van der Waals surface area contributed by atoms with E-state index in [0.29, 0.717) is 15.2 Å². The largest absolute Gasteiger partial charge is 0.482 e. The monoisotopic (exact) mass is 299 g/mol. The van der Waals surface area contributed by atoms with Crippen molar-refractivity contribution in [3.63, 3.8) is 0 Å². The zero-order valence-corrected chi connectivity index (χ0v) is 12.0. The molecular weight excluding hydrogens is 289 g/mol. The summed E-state index contributed by atoms with van der Waals surface area (Å²) in [6, 6.07) is 7.96. The second kappa shape index (κ2) is 4.65. The van der Waals surface area contributed by atoms with Crippen molar-refractivity contribution in [3.8, 4) is 5.75 Å². The predicted molar refractivity (Wildman–Crippen MR) is 77.4 cm³/mol. The van der Waals surface area contributed by atoms with E-state index in [2.05, 4.69) is 18.3 Å². The third-order valence-corrected chi connectivity index (χ3v) is 4.43. The molecule has 1 unspecified atom stereocenters. The number of aryl methyl sites for hydroxylation is 1. The summed E-state index contributed by atoms with van der Waals surface area (Å²) in [7, 11) is 0. The molecule has 0 aliphatic carbocycles. The van der Waals surface area contributed by atoms with Gasteiger partial charge in [-0.25, -0.2) is 0 Å². The van der Waals surface area contributed by atoms with Crippen LogP contribution in [0.2, 0.25) is 8.67 Å². The van der Waals surface area contributed by atoms with Crippen LogP contribution in [0.5, 0.6) is 5.75 Å². The fourth-order valence-electron chi connectivity index (χ4n) is 2.03. The Morgan fingerprint density at radius 1 is 1.33 bits per heavy atom. The molecule has 18 heavy (non-hydrogen) atoms. The number of fused-ring (bicyclic) bond motifs is 1. The van der Waals surface area contributed by atoms with Crippen molar-refractivity contribution in [2.24, 2.45) is 0 Å². The molecule has 94 valence electrons. The molecule has 3 rings (SSSR count). The van der Waals surface area contributed by atoms with Gasteiger partial charge in [0.1, 0.15) is 16.2 Å². The summed E-state index contributed by atoms with van der Waals surface area (Å²) >= 11 is 13.5. The molecule has 0 saturated carbocycles. The van der Waals surface area contributed by atoms with Gasteiger partial charge in [-0.2, -0.15) is 0 Å². The Labute approximate surface area is 119 Å². The lowest BCUT2D eigenvalue weighted by molar-refractivity contribution is 0.211. The minimum atomic E-state index is -0.0866. The first-order valence-corrected chi connectivity index (χ1v) is 7.16. The normalized spacial score (nSPS) is 17.8. The van der Waals surface area contributed by atoms with E-state index in [4.69, 9.17) is 27.9 Å². The third-order valence-electron chi connectivity index (χ3n) is 2.91. The molecule has 0 bridgehead atoms. The zero-order valence-electron chi connectivity index (χ0n) is 9.67. The van der Waals surface area contributed by atoms with Crippen LogP contribution in [0.25, 0.3) is 0 Å². The van der Waals surface area contributed by atoms with E-state index in [1.54, 1.807) is 0 Å². The summed E-state index contributed by atoms with van der Waals surface area (Å²) in [5.74, 6) is 0.857. The lowest BCUT2D eigenvalue weighted by Crippen LogP contribution is -2.23. The highest BCUT2D eigenvalue weighted by Crippen LogP contribution is 2.40. The molecule has 0 radical (unpaired) electrons. The molecule has 2 aromatic rings. The van der Waals surface area contributed by atoms with Gasteiger partial charge in [-0.1, -0.05) is 29.3 Å². The maximum Gasteiger partial charge on any atom is 0.143 e. The van der Waals surface area contributed by atoms with E-state index in [9.17, 15) is 0 Å². The minimum Gasteiger partial charge on any atom is -0.482 e. The summed E-state index contributed by atoms with van der Waals surface area (Å²) in [5, 5.41) is 3.37. The molecule has 1 N–H and O–H groups in total. The van der Waals surface area contributed by atoms with Gasteiger partial charge in [0.15, 0.2) is 0 Å². The molecule has 5 heteroatoms. The molecule has 2 nitrogen and oxygen atoms in total. The van der Waals surface area contributed by atoms with Crippen LogP contribution in [0.4, 0.5) is 5.69 Å². The van der Waals surface area contributed by atoms with Crippen LogP contribution in [0, 0.1) is 6.92 Å². The van der Waals surface area contributed by atoms with Gasteiger partial charge in [0.25, 0.3) is 0 Å². The van der Waals surface area contributed by atoms with E-state index in [1.807, 2.05) is 18.2 Å². The Hall–Kier alpha value is -0.900. The van der Waals surface area contributed by atoms with Crippen LogP contribution in [0.15, 0.2) is 24.3 Å². The first kappa shape index (κ1) is 12.2. The first-order chi connectivity index (χ1) is 8.63. The number of benzene rings is 1. The average Bonchev–Trinajstić information content (AvgIpc) is 2.68. The Morgan fingerprint density at radius 2 is 2.17 bits per heavy atom. The van der Waals surface area contributed by atoms with Gasteiger partial charge in [-0.05, 0) is 30.7 Å². The second-order valence-corrected chi connectivity index (χ2v) is 6.55.